The zero-order valence-electron chi connectivity index (χ0n) is 54.4. The van der Waals surface area contributed by atoms with Crippen LogP contribution in [0, 0.1) is 0 Å². The average molecular weight is 1150 g/mol. The van der Waals surface area contributed by atoms with E-state index in [1.165, 1.54) is 173 Å². The van der Waals surface area contributed by atoms with Gasteiger partial charge < -0.3 is 14.2 Å². The third kappa shape index (κ3) is 68.5. The minimum Gasteiger partial charge on any atom is -0.462 e. The molecule has 0 fully saturated rings. The van der Waals surface area contributed by atoms with E-state index in [0.29, 0.717) is 19.3 Å². The minimum absolute atomic E-state index is 0.104. The maximum atomic E-state index is 12.9. The Morgan fingerprint density at radius 3 is 0.795 bits per heavy atom. The molecule has 474 valence electrons. The Labute approximate surface area is 513 Å². The van der Waals surface area contributed by atoms with E-state index in [-0.39, 0.29) is 37.5 Å². The van der Waals surface area contributed by atoms with Gasteiger partial charge in [-0.1, -0.05) is 303 Å². The highest BCUT2D eigenvalue weighted by atomic mass is 16.6. The molecule has 0 aromatic carbocycles. The highest BCUT2D eigenvalue weighted by Crippen LogP contribution is 2.17. The van der Waals surface area contributed by atoms with Gasteiger partial charge in [0.25, 0.3) is 0 Å². The molecule has 0 radical (unpaired) electrons. The van der Waals surface area contributed by atoms with Crippen LogP contribution in [0.3, 0.4) is 0 Å². The Hall–Kier alpha value is -4.19. The largest absolute Gasteiger partial charge is 0.462 e. The summed E-state index contributed by atoms with van der Waals surface area (Å²) in [5.41, 5.74) is 0. The molecule has 83 heavy (non-hydrogen) atoms. The molecule has 0 N–H and O–H groups in total. The standard InChI is InChI=1S/C77H130O6/c1-4-7-10-13-16-19-22-25-27-29-31-33-35-36-37-38-39-40-42-43-45-47-49-52-55-58-61-64-67-70-76(79)82-73-74(72-81-75(78)69-66-63-60-57-54-51-24-21-18-15-12-9-6-3)83-77(80)71-68-65-62-59-56-53-50-48-46-44-41-34-32-30-28-26-23-20-17-14-11-8-5-2/h8,11,17,20-22,24-26,28-29,31-32,34,44,46,50,53,59,62,74H,4-7,9-10,12-16,18-19,23,27,30,33,35-43,45,47-49,51-52,54-58,60-61,63-73H2,1-3H3/b11-8-,20-17-,24-21-,25-22-,28-26-,31-29-,34-32-,46-44-,53-50-,62-59-. The van der Waals surface area contributed by atoms with E-state index in [0.717, 1.165) is 109 Å². The summed E-state index contributed by atoms with van der Waals surface area (Å²) in [6, 6.07) is 0. The molecule has 0 aliphatic carbocycles. The average Bonchev–Trinajstić information content (AvgIpc) is 3.49. The maximum Gasteiger partial charge on any atom is 0.306 e. The van der Waals surface area contributed by atoms with Crippen LogP contribution < -0.4 is 0 Å². The van der Waals surface area contributed by atoms with Crippen LogP contribution in [-0.4, -0.2) is 37.2 Å². The fraction of sp³-hybridized carbons (Fsp3) is 0.701. The molecule has 0 rings (SSSR count). The summed E-state index contributed by atoms with van der Waals surface area (Å²) in [7, 11) is 0. The molecule has 1 unspecified atom stereocenters. The van der Waals surface area contributed by atoms with E-state index in [9.17, 15) is 14.4 Å². The molecule has 6 nitrogen and oxygen atoms in total. The Morgan fingerprint density at radius 1 is 0.253 bits per heavy atom. The predicted octanol–water partition coefficient (Wildman–Crippen LogP) is 24.3. The number of carbonyl (C=O) groups is 3. The lowest BCUT2D eigenvalue weighted by molar-refractivity contribution is -0.167. The van der Waals surface area contributed by atoms with E-state index < -0.39 is 6.10 Å². The van der Waals surface area contributed by atoms with Crippen molar-refractivity contribution in [3.8, 4) is 0 Å². The van der Waals surface area contributed by atoms with Gasteiger partial charge in [0.2, 0.25) is 0 Å². The number of hydrogen-bond donors (Lipinski definition) is 0. The second-order valence-corrected chi connectivity index (χ2v) is 23.1. The third-order valence-corrected chi connectivity index (χ3v) is 14.9. The van der Waals surface area contributed by atoms with Gasteiger partial charge in [-0.2, -0.15) is 0 Å². The fourth-order valence-corrected chi connectivity index (χ4v) is 9.69. The van der Waals surface area contributed by atoms with E-state index in [1.54, 1.807) is 0 Å². The molecule has 1 atom stereocenters. The molecule has 0 spiro atoms. The Balaban J connectivity index is 4.34. The third-order valence-electron chi connectivity index (χ3n) is 14.9. The highest BCUT2D eigenvalue weighted by Gasteiger charge is 2.19. The molecule has 0 amide bonds. The molecule has 0 aliphatic rings. The molecule has 0 aliphatic heterocycles. The van der Waals surface area contributed by atoms with Crippen LogP contribution in [0.15, 0.2) is 122 Å². The Morgan fingerprint density at radius 2 is 0.482 bits per heavy atom. The predicted molar refractivity (Wildman–Crippen MR) is 362 cm³/mol. The first-order valence-corrected chi connectivity index (χ1v) is 35.0. The van der Waals surface area contributed by atoms with Crippen molar-refractivity contribution in [2.45, 2.75) is 335 Å². The fourth-order valence-electron chi connectivity index (χ4n) is 9.69. The number of carbonyl (C=O) groups excluding carboxylic acids is 3. The SMILES string of the molecule is CC/C=C\C/C=C\C/C=C\C/C=C\C/C=C\C/C=C\C/C=C\CCCC(=O)OC(COC(=O)CCCCCCC/C=C\CCCCCC)COC(=O)CCCCCCCCCCCCCCCCCCC/C=C\C/C=C\CCCCCCC. The van der Waals surface area contributed by atoms with Gasteiger partial charge in [-0.3, -0.25) is 14.4 Å². The highest BCUT2D eigenvalue weighted by molar-refractivity contribution is 5.71. The number of allylic oxidation sites excluding steroid dienone is 20. The lowest BCUT2D eigenvalue weighted by atomic mass is 10.0. The van der Waals surface area contributed by atoms with Gasteiger partial charge in [0.05, 0.1) is 0 Å². The molecule has 0 saturated carbocycles. The molecular formula is C77H130O6. The van der Waals surface area contributed by atoms with Crippen LogP contribution >= 0.6 is 0 Å². The molecule has 0 saturated heterocycles. The number of ether oxygens (including phenoxy) is 3. The Kier molecular flexibility index (Phi) is 66.7. The molecule has 0 bridgehead atoms. The van der Waals surface area contributed by atoms with Crippen molar-refractivity contribution in [2.24, 2.45) is 0 Å². The summed E-state index contributed by atoms with van der Waals surface area (Å²) in [4.78, 5) is 38.4. The first-order chi connectivity index (χ1) is 41.0. The molecule has 6 heteroatoms. The summed E-state index contributed by atoms with van der Waals surface area (Å²) in [5.74, 6) is -0.964. The normalized spacial score (nSPS) is 12.9. The Bertz CT molecular complexity index is 1700. The van der Waals surface area contributed by atoms with Crippen LogP contribution in [0.5, 0.6) is 0 Å². The van der Waals surface area contributed by atoms with Gasteiger partial charge >= 0.3 is 17.9 Å². The first kappa shape index (κ1) is 78.8. The van der Waals surface area contributed by atoms with Crippen molar-refractivity contribution in [2.75, 3.05) is 13.2 Å². The van der Waals surface area contributed by atoms with Gasteiger partial charge in [-0.05, 0) is 128 Å². The van der Waals surface area contributed by atoms with Crippen molar-refractivity contribution < 1.29 is 28.6 Å². The summed E-state index contributed by atoms with van der Waals surface area (Å²) < 4.78 is 16.9. The maximum absolute atomic E-state index is 12.9. The zero-order chi connectivity index (χ0) is 59.9. The van der Waals surface area contributed by atoms with E-state index >= 15 is 0 Å². The lowest BCUT2D eigenvalue weighted by Gasteiger charge is -2.18. The van der Waals surface area contributed by atoms with Crippen LogP contribution in [0.2, 0.25) is 0 Å². The van der Waals surface area contributed by atoms with Crippen molar-refractivity contribution in [3.05, 3.63) is 122 Å². The lowest BCUT2D eigenvalue weighted by Crippen LogP contribution is -2.30. The molecule has 0 heterocycles. The summed E-state index contributed by atoms with van der Waals surface area (Å²) in [6.45, 7) is 6.47. The first-order valence-electron chi connectivity index (χ1n) is 35.0. The van der Waals surface area contributed by atoms with E-state index in [1.807, 2.05) is 0 Å². The van der Waals surface area contributed by atoms with E-state index in [4.69, 9.17) is 14.2 Å². The number of esters is 3. The topological polar surface area (TPSA) is 78.9 Å². The van der Waals surface area contributed by atoms with Crippen molar-refractivity contribution in [1.29, 1.82) is 0 Å². The van der Waals surface area contributed by atoms with Crippen molar-refractivity contribution in [1.82, 2.24) is 0 Å². The monoisotopic (exact) mass is 1150 g/mol. The van der Waals surface area contributed by atoms with Gasteiger partial charge in [0, 0.05) is 19.3 Å². The van der Waals surface area contributed by atoms with Gasteiger partial charge in [-0.25, -0.2) is 0 Å². The van der Waals surface area contributed by atoms with Gasteiger partial charge in [0.1, 0.15) is 13.2 Å². The summed E-state index contributed by atoms with van der Waals surface area (Å²) in [6.07, 6.45) is 98.1. The number of unbranched alkanes of at least 4 members (excludes halogenated alkanes) is 32. The van der Waals surface area contributed by atoms with Crippen LogP contribution in [0.1, 0.15) is 329 Å². The molecular weight excluding hydrogens is 1020 g/mol. The van der Waals surface area contributed by atoms with Gasteiger partial charge in [0.15, 0.2) is 6.10 Å². The summed E-state index contributed by atoms with van der Waals surface area (Å²) >= 11 is 0. The molecule has 0 aromatic heterocycles. The molecule has 0 aromatic rings. The summed E-state index contributed by atoms with van der Waals surface area (Å²) in [5, 5.41) is 0. The second-order valence-electron chi connectivity index (χ2n) is 23.1. The minimum atomic E-state index is -0.816. The second kappa shape index (κ2) is 70.3. The van der Waals surface area contributed by atoms with Crippen molar-refractivity contribution in [3.63, 3.8) is 0 Å². The van der Waals surface area contributed by atoms with Gasteiger partial charge in [-0.15, -0.1) is 0 Å². The number of hydrogen-bond acceptors (Lipinski definition) is 6. The van der Waals surface area contributed by atoms with Crippen LogP contribution in [-0.2, 0) is 28.6 Å². The zero-order valence-corrected chi connectivity index (χ0v) is 54.4. The number of rotatable bonds is 63. The smallest absolute Gasteiger partial charge is 0.306 e. The van der Waals surface area contributed by atoms with Crippen molar-refractivity contribution >= 4 is 17.9 Å². The quantitative estimate of drug-likeness (QED) is 0.0261. The van der Waals surface area contributed by atoms with Crippen LogP contribution in [0.4, 0.5) is 0 Å². The van der Waals surface area contributed by atoms with Crippen LogP contribution in [0.25, 0.3) is 0 Å². The van der Waals surface area contributed by atoms with E-state index in [2.05, 4.69) is 142 Å².